The maximum atomic E-state index is 6.78. The number of aromatic nitrogens is 2. The van der Waals surface area contributed by atoms with Gasteiger partial charge in [-0.25, -0.2) is 15.0 Å². The van der Waals surface area contributed by atoms with Crippen molar-refractivity contribution in [1.82, 2.24) is 9.55 Å². The van der Waals surface area contributed by atoms with Crippen molar-refractivity contribution in [2.75, 3.05) is 0 Å². The van der Waals surface area contributed by atoms with Gasteiger partial charge < -0.3 is 0 Å². The number of hydrogen-bond acceptors (Lipinski definition) is 3. The number of imidazole rings is 1. The lowest BCUT2D eigenvalue weighted by Gasteiger charge is -2.30. The minimum Gasteiger partial charge on any atom is -0.275 e. The largest absolute Gasteiger partial charge is 0.275 e. The molecule has 0 saturated carbocycles. The van der Waals surface area contributed by atoms with Crippen LogP contribution < -0.4 is 0 Å². The van der Waals surface area contributed by atoms with Crippen LogP contribution in [-0.4, -0.2) is 21.0 Å². The molecule has 0 atom stereocenters. The average molecular weight is 660 g/mol. The second kappa shape index (κ2) is 12.6. The van der Waals surface area contributed by atoms with Crippen molar-refractivity contribution < 1.29 is 0 Å². The first-order valence-electron chi connectivity index (χ1n) is 15.7. The van der Waals surface area contributed by atoms with Crippen LogP contribution in [0.25, 0.3) is 33.9 Å². The van der Waals surface area contributed by atoms with Crippen molar-refractivity contribution in [1.29, 1.82) is 0 Å². The second-order valence-corrected chi connectivity index (χ2v) is 12.4. The molecule has 0 N–H and O–H groups in total. The molecule has 48 heavy (non-hydrogen) atoms. The predicted molar refractivity (Wildman–Crippen MR) is 198 cm³/mol. The summed E-state index contributed by atoms with van der Waals surface area (Å²) in [4.78, 5) is 16.8. The lowest BCUT2D eigenvalue weighted by Crippen LogP contribution is -2.31. The summed E-state index contributed by atoms with van der Waals surface area (Å²) in [5.74, 6) is -0.672. The average Bonchev–Trinajstić information content (AvgIpc) is 3.75. The SMILES string of the molecule is Clc1cccc(-c2nc(-c3ccccc3)c(-c3ccccc3)n2C2(c3cccc(Cl)c3)N=C(c3ccccc3)C(c3ccccc3)=N2)c1. The molecular weight excluding hydrogens is 631 g/mol. The quantitative estimate of drug-likeness (QED) is 0.168. The highest BCUT2D eigenvalue weighted by Crippen LogP contribution is 2.47. The smallest absolute Gasteiger partial charge is 0.261 e. The van der Waals surface area contributed by atoms with E-state index in [9.17, 15) is 0 Å². The Balaban J connectivity index is 1.57. The van der Waals surface area contributed by atoms with E-state index < -0.39 is 5.79 Å². The monoisotopic (exact) mass is 658 g/mol. The number of hydrogen-bond donors (Lipinski definition) is 0. The highest BCUT2D eigenvalue weighted by atomic mass is 35.5. The summed E-state index contributed by atoms with van der Waals surface area (Å²) >= 11 is 13.4. The molecule has 0 unspecified atom stereocenters. The Hall–Kier alpha value is -5.55. The maximum Gasteiger partial charge on any atom is 0.261 e. The van der Waals surface area contributed by atoms with Crippen molar-refractivity contribution in [2.45, 2.75) is 5.79 Å². The Kier molecular flexibility index (Phi) is 7.81. The van der Waals surface area contributed by atoms with Crippen molar-refractivity contribution in [2.24, 2.45) is 9.98 Å². The zero-order chi connectivity index (χ0) is 32.5. The molecule has 0 aliphatic carbocycles. The zero-order valence-corrected chi connectivity index (χ0v) is 27.2. The molecule has 230 valence electrons. The number of halogens is 2. The lowest BCUT2D eigenvalue weighted by atomic mass is 10.0. The third-order valence-electron chi connectivity index (χ3n) is 8.43. The molecule has 0 bridgehead atoms. The van der Waals surface area contributed by atoms with Crippen LogP contribution in [0.4, 0.5) is 0 Å². The number of aliphatic imine (C=N–C) groups is 2. The molecule has 6 heteroatoms. The molecule has 0 amide bonds. The van der Waals surface area contributed by atoms with E-state index in [2.05, 4.69) is 53.1 Å². The molecule has 6 aromatic carbocycles. The van der Waals surface area contributed by atoms with E-state index in [0.29, 0.717) is 15.9 Å². The molecule has 1 aliphatic rings. The zero-order valence-electron chi connectivity index (χ0n) is 25.7. The van der Waals surface area contributed by atoms with Crippen LogP contribution in [0.2, 0.25) is 10.0 Å². The van der Waals surface area contributed by atoms with Gasteiger partial charge in [-0.15, -0.1) is 0 Å². The Labute approximate surface area is 289 Å². The van der Waals surface area contributed by atoms with Crippen LogP contribution in [0.15, 0.2) is 180 Å². The van der Waals surface area contributed by atoms with Gasteiger partial charge >= 0.3 is 0 Å². The van der Waals surface area contributed by atoms with Gasteiger partial charge in [-0.1, -0.05) is 169 Å². The van der Waals surface area contributed by atoms with Crippen molar-refractivity contribution in [3.8, 4) is 33.9 Å². The summed E-state index contributed by atoms with van der Waals surface area (Å²) in [7, 11) is 0. The van der Waals surface area contributed by atoms with Crippen LogP contribution in [0, 0.1) is 0 Å². The van der Waals surface area contributed by atoms with Crippen LogP contribution in [0.5, 0.6) is 0 Å². The van der Waals surface area contributed by atoms with E-state index >= 15 is 0 Å². The topological polar surface area (TPSA) is 42.5 Å². The normalized spacial score (nSPS) is 13.6. The highest BCUT2D eigenvalue weighted by Gasteiger charge is 2.45. The molecule has 1 aromatic heterocycles. The van der Waals surface area contributed by atoms with E-state index in [4.69, 9.17) is 38.2 Å². The van der Waals surface area contributed by atoms with E-state index in [1.165, 1.54) is 0 Å². The van der Waals surface area contributed by atoms with Gasteiger partial charge in [0.05, 0.1) is 22.8 Å². The Bertz CT molecular complexity index is 2240. The first-order valence-corrected chi connectivity index (χ1v) is 16.4. The summed E-state index contributed by atoms with van der Waals surface area (Å²) in [6, 6.07) is 56.5. The Morgan fingerprint density at radius 3 is 1.42 bits per heavy atom. The van der Waals surface area contributed by atoms with Gasteiger partial charge in [-0.3, -0.25) is 4.57 Å². The summed E-state index contributed by atoms with van der Waals surface area (Å²) in [5.41, 5.74) is 8.70. The fourth-order valence-electron chi connectivity index (χ4n) is 6.30. The van der Waals surface area contributed by atoms with Crippen LogP contribution in [0.1, 0.15) is 16.7 Å². The molecule has 7 aromatic rings. The van der Waals surface area contributed by atoms with Gasteiger partial charge in [-0.05, 0) is 24.3 Å². The molecule has 0 fully saturated rings. The van der Waals surface area contributed by atoms with Crippen LogP contribution in [-0.2, 0) is 5.79 Å². The summed E-state index contributed by atoms with van der Waals surface area (Å²) in [6.45, 7) is 0. The molecule has 0 radical (unpaired) electrons. The Morgan fingerprint density at radius 1 is 0.438 bits per heavy atom. The number of rotatable bonds is 7. The minimum atomic E-state index is -1.34. The van der Waals surface area contributed by atoms with Gasteiger partial charge in [0.15, 0.2) is 0 Å². The van der Waals surface area contributed by atoms with Crippen molar-refractivity contribution >= 4 is 34.6 Å². The second-order valence-electron chi connectivity index (χ2n) is 11.5. The first kappa shape index (κ1) is 29.8. The van der Waals surface area contributed by atoms with E-state index in [1.807, 2.05) is 121 Å². The third kappa shape index (κ3) is 5.35. The summed E-state index contributed by atoms with van der Waals surface area (Å²) in [6.07, 6.45) is 0. The van der Waals surface area contributed by atoms with E-state index in [-0.39, 0.29) is 0 Å². The van der Waals surface area contributed by atoms with E-state index in [0.717, 1.165) is 56.2 Å². The van der Waals surface area contributed by atoms with Gasteiger partial charge in [0.25, 0.3) is 5.79 Å². The summed E-state index contributed by atoms with van der Waals surface area (Å²) in [5, 5.41) is 1.19. The number of benzene rings is 6. The molecule has 8 rings (SSSR count). The van der Waals surface area contributed by atoms with Crippen molar-refractivity contribution in [3.05, 3.63) is 197 Å². The van der Waals surface area contributed by atoms with Gasteiger partial charge in [0.1, 0.15) is 5.82 Å². The fourth-order valence-corrected chi connectivity index (χ4v) is 6.68. The lowest BCUT2D eigenvalue weighted by molar-refractivity contribution is 0.409. The molecular formula is C42H28Cl2N4. The molecule has 1 aliphatic heterocycles. The van der Waals surface area contributed by atoms with Crippen LogP contribution >= 0.6 is 23.2 Å². The number of nitrogens with zero attached hydrogens (tertiary/aromatic N) is 4. The molecule has 0 saturated heterocycles. The standard InChI is InChI=1S/C42H28Cl2N4/c43-35-25-13-23-33(27-35)41-45-39(31-19-9-3-10-20-31)40(32-21-11-4-12-22-32)48(41)42(34-24-14-26-36(44)28-34)46-37(29-15-5-1-6-16-29)38(47-42)30-17-7-2-8-18-30/h1-28H. The maximum absolute atomic E-state index is 6.78. The fraction of sp³-hybridized carbons (Fsp3) is 0.0238. The van der Waals surface area contributed by atoms with Gasteiger partial charge in [0.2, 0.25) is 0 Å². The Morgan fingerprint density at radius 2 is 0.896 bits per heavy atom. The van der Waals surface area contributed by atoms with Crippen LogP contribution in [0.3, 0.4) is 0 Å². The van der Waals surface area contributed by atoms with Gasteiger partial charge in [-0.2, -0.15) is 0 Å². The predicted octanol–water partition coefficient (Wildman–Crippen LogP) is 10.8. The summed E-state index contributed by atoms with van der Waals surface area (Å²) < 4.78 is 2.17. The first-order chi connectivity index (χ1) is 23.6. The third-order valence-corrected chi connectivity index (χ3v) is 8.90. The van der Waals surface area contributed by atoms with E-state index in [1.54, 1.807) is 0 Å². The van der Waals surface area contributed by atoms with Gasteiger partial charge in [0, 0.05) is 43.4 Å². The molecule has 4 nitrogen and oxygen atoms in total. The van der Waals surface area contributed by atoms with Crippen molar-refractivity contribution in [3.63, 3.8) is 0 Å². The highest BCUT2D eigenvalue weighted by molar-refractivity contribution is 6.54. The minimum absolute atomic E-state index is 0.584. The molecule has 0 spiro atoms. The molecule has 2 heterocycles.